The second-order valence-electron chi connectivity index (χ2n) is 11.4. The molecule has 33 heavy (non-hydrogen) atoms. The third-order valence-corrected chi connectivity index (χ3v) is 7.84. The average Bonchev–Trinajstić information content (AvgIpc) is 3.21. The van der Waals surface area contributed by atoms with Crippen LogP contribution in [0, 0.1) is 24.7 Å². The van der Waals surface area contributed by atoms with Crippen molar-refractivity contribution in [2.45, 2.75) is 59.9 Å². The number of likely N-dealkylation sites (tertiary alicyclic amines) is 1. The third-order valence-electron chi connectivity index (χ3n) is 7.59. The van der Waals surface area contributed by atoms with Crippen LogP contribution in [0.2, 0.25) is 5.02 Å². The Morgan fingerprint density at radius 3 is 2.30 bits per heavy atom. The number of carbonyl (C=O) groups excluding carboxylic acids is 1. The summed E-state index contributed by atoms with van der Waals surface area (Å²) in [5, 5.41) is 0.709. The van der Waals surface area contributed by atoms with E-state index in [-0.39, 0.29) is 16.7 Å². The van der Waals surface area contributed by atoms with Crippen molar-refractivity contribution < 1.29 is 4.79 Å². The van der Waals surface area contributed by atoms with Crippen LogP contribution in [0.4, 0.5) is 0 Å². The molecule has 1 aromatic heterocycles. The van der Waals surface area contributed by atoms with E-state index in [0.717, 1.165) is 47.6 Å². The smallest absolute Gasteiger partial charge is 0.255 e. The summed E-state index contributed by atoms with van der Waals surface area (Å²) in [6.45, 7) is 12.1. The molecule has 1 saturated heterocycles. The minimum Gasteiger partial charge on any atom is -0.335 e. The molecule has 1 aliphatic carbocycles. The SMILES string of the molecule is Cc1ccc(-n2c(-c3ccc(Cl)cc3)cc(C(=O)N3CC4(C)CC3CC(C)(C)C4)c2C)cc1. The van der Waals surface area contributed by atoms with Crippen LogP contribution in [0.25, 0.3) is 16.9 Å². The topological polar surface area (TPSA) is 25.2 Å². The fourth-order valence-corrected chi connectivity index (χ4v) is 6.66. The summed E-state index contributed by atoms with van der Waals surface area (Å²) in [4.78, 5) is 16.2. The minimum absolute atomic E-state index is 0.167. The first-order chi connectivity index (χ1) is 15.6. The van der Waals surface area contributed by atoms with Gasteiger partial charge in [-0.2, -0.15) is 0 Å². The summed E-state index contributed by atoms with van der Waals surface area (Å²) < 4.78 is 2.21. The number of halogens is 1. The second-order valence-corrected chi connectivity index (χ2v) is 11.8. The van der Waals surface area contributed by atoms with E-state index in [1.54, 1.807) is 0 Å². The van der Waals surface area contributed by atoms with Crippen LogP contribution in [-0.4, -0.2) is 28.0 Å². The van der Waals surface area contributed by atoms with Crippen LogP contribution in [0.15, 0.2) is 54.6 Å². The Hall–Kier alpha value is -2.52. The highest BCUT2D eigenvalue weighted by atomic mass is 35.5. The van der Waals surface area contributed by atoms with Crippen LogP contribution in [-0.2, 0) is 0 Å². The van der Waals surface area contributed by atoms with Crippen molar-refractivity contribution in [1.82, 2.24) is 9.47 Å². The number of hydrogen-bond donors (Lipinski definition) is 0. The van der Waals surface area contributed by atoms with E-state index in [2.05, 4.69) is 74.4 Å². The summed E-state index contributed by atoms with van der Waals surface area (Å²) in [6.07, 6.45) is 3.37. The third kappa shape index (κ3) is 4.01. The molecule has 0 N–H and O–H groups in total. The molecule has 1 amide bonds. The minimum atomic E-state index is 0.167. The molecule has 2 bridgehead atoms. The maximum atomic E-state index is 14.0. The van der Waals surface area contributed by atoms with Gasteiger partial charge in [-0.15, -0.1) is 0 Å². The molecule has 4 heteroatoms. The lowest BCUT2D eigenvalue weighted by molar-refractivity contribution is 0.0707. The van der Waals surface area contributed by atoms with E-state index in [1.165, 1.54) is 12.0 Å². The molecule has 2 aromatic carbocycles. The predicted molar refractivity (Wildman–Crippen MR) is 136 cm³/mol. The zero-order valence-corrected chi connectivity index (χ0v) is 21.0. The van der Waals surface area contributed by atoms with E-state index >= 15 is 0 Å². The van der Waals surface area contributed by atoms with Crippen molar-refractivity contribution in [3.05, 3.63) is 76.4 Å². The number of fused-ring (bicyclic) bond motifs is 2. The van der Waals surface area contributed by atoms with Crippen molar-refractivity contribution in [3.8, 4) is 16.9 Å². The second kappa shape index (κ2) is 7.77. The largest absolute Gasteiger partial charge is 0.335 e. The van der Waals surface area contributed by atoms with Gasteiger partial charge in [-0.05, 0) is 79.8 Å². The summed E-state index contributed by atoms with van der Waals surface area (Å²) >= 11 is 6.17. The number of aromatic nitrogens is 1. The van der Waals surface area contributed by atoms with Crippen LogP contribution in [0.5, 0.6) is 0 Å². The maximum Gasteiger partial charge on any atom is 0.255 e. The highest BCUT2D eigenvalue weighted by Crippen LogP contribution is 2.53. The van der Waals surface area contributed by atoms with Gasteiger partial charge in [0.2, 0.25) is 0 Å². The van der Waals surface area contributed by atoms with Crippen molar-refractivity contribution in [3.63, 3.8) is 0 Å². The Labute approximate surface area is 202 Å². The Morgan fingerprint density at radius 1 is 0.970 bits per heavy atom. The molecule has 2 heterocycles. The van der Waals surface area contributed by atoms with Crippen molar-refractivity contribution in [2.24, 2.45) is 10.8 Å². The first-order valence-electron chi connectivity index (χ1n) is 11.9. The van der Waals surface area contributed by atoms with Gasteiger partial charge in [0.15, 0.2) is 0 Å². The van der Waals surface area contributed by atoms with E-state index in [0.29, 0.717) is 11.1 Å². The average molecular weight is 461 g/mol. The molecule has 0 spiro atoms. The Kier molecular flexibility index (Phi) is 5.25. The maximum absolute atomic E-state index is 14.0. The number of nitrogens with zero attached hydrogens (tertiary/aromatic N) is 2. The van der Waals surface area contributed by atoms with Crippen LogP contribution >= 0.6 is 11.6 Å². The summed E-state index contributed by atoms with van der Waals surface area (Å²) in [5.74, 6) is 0.167. The molecule has 0 radical (unpaired) electrons. The van der Waals surface area contributed by atoms with Crippen LogP contribution in [0.3, 0.4) is 0 Å². The summed E-state index contributed by atoms with van der Waals surface area (Å²) in [5.41, 5.74) is 6.64. The number of rotatable bonds is 3. The fourth-order valence-electron chi connectivity index (χ4n) is 6.54. The summed E-state index contributed by atoms with van der Waals surface area (Å²) in [6, 6.07) is 18.8. The number of benzene rings is 2. The molecule has 5 rings (SSSR count). The first-order valence-corrected chi connectivity index (χ1v) is 12.3. The van der Waals surface area contributed by atoms with Gasteiger partial charge in [0.1, 0.15) is 0 Å². The number of aryl methyl sites for hydroxylation is 1. The zero-order valence-electron chi connectivity index (χ0n) is 20.3. The van der Waals surface area contributed by atoms with Crippen molar-refractivity contribution in [1.29, 1.82) is 0 Å². The van der Waals surface area contributed by atoms with Gasteiger partial charge in [0, 0.05) is 29.0 Å². The van der Waals surface area contributed by atoms with E-state index in [9.17, 15) is 4.79 Å². The molecular formula is C29H33ClN2O. The lowest BCUT2D eigenvalue weighted by atomic mass is 9.65. The van der Waals surface area contributed by atoms with Crippen LogP contribution < -0.4 is 0 Å². The zero-order chi connectivity index (χ0) is 23.5. The van der Waals surface area contributed by atoms with Gasteiger partial charge in [-0.3, -0.25) is 4.79 Å². The van der Waals surface area contributed by atoms with Crippen molar-refractivity contribution in [2.75, 3.05) is 6.54 Å². The Balaban J connectivity index is 1.60. The van der Waals surface area contributed by atoms with Gasteiger partial charge >= 0.3 is 0 Å². The monoisotopic (exact) mass is 460 g/mol. The lowest BCUT2D eigenvalue weighted by Crippen LogP contribution is -2.37. The van der Waals surface area contributed by atoms with Gasteiger partial charge in [-0.1, -0.05) is 62.2 Å². The van der Waals surface area contributed by atoms with E-state index in [4.69, 9.17) is 11.6 Å². The number of hydrogen-bond acceptors (Lipinski definition) is 1. The van der Waals surface area contributed by atoms with Gasteiger partial charge in [-0.25, -0.2) is 0 Å². The molecular weight excluding hydrogens is 428 g/mol. The number of amides is 1. The van der Waals surface area contributed by atoms with Gasteiger partial charge in [0.05, 0.1) is 11.3 Å². The lowest BCUT2D eigenvalue weighted by Gasteiger charge is -2.39. The fraction of sp³-hybridized carbons (Fsp3) is 0.414. The molecule has 3 aromatic rings. The number of carbonyl (C=O) groups is 1. The standard InChI is InChI=1S/C29H33ClN2O/c1-19-6-12-23(13-7-19)32-20(2)25(14-26(32)21-8-10-22(30)11-9-21)27(33)31-18-29(5)16-24(31)15-28(3,4)17-29/h6-14,24H,15-18H2,1-5H3. The molecule has 1 aliphatic heterocycles. The first kappa shape index (κ1) is 22.3. The van der Waals surface area contributed by atoms with E-state index < -0.39 is 0 Å². The van der Waals surface area contributed by atoms with Gasteiger partial charge < -0.3 is 9.47 Å². The molecule has 2 fully saturated rings. The highest BCUT2D eigenvalue weighted by molar-refractivity contribution is 6.30. The summed E-state index contributed by atoms with van der Waals surface area (Å²) in [7, 11) is 0. The van der Waals surface area contributed by atoms with Crippen molar-refractivity contribution >= 4 is 17.5 Å². The quantitative estimate of drug-likeness (QED) is 0.398. The normalized spacial score (nSPS) is 23.7. The van der Waals surface area contributed by atoms with E-state index in [1.807, 2.05) is 24.3 Å². The van der Waals surface area contributed by atoms with Crippen LogP contribution in [0.1, 0.15) is 61.6 Å². The molecule has 2 aliphatic rings. The molecule has 1 saturated carbocycles. The Bertz CT molecular complexity index is 1210. The Morgan fingerprint density at radius 2 is 1.64 bits per heavy atom. The molecule has 3 nitrogen and oxygen atoms in total. The molecule has 2 unspecified atom stereocenters. The molecule has 2 atom stereocenters. The van der Waals surface area contributed by atoms with Gasteiger partial charge in [0.25, 0.3) is 5.91 Å². The highest BCUT2D eigenvalue weighted by Gasteiger charge is 2.51. The molecule has 172 valence electrons. The predicted octanol–water partition coefficient (Wildman–Crippen LogP) is 7.46.